The van der Waals surface area contributed by atoms with Crippen molar-refractivity contribution in [3.63, 3.8) is 0 Å². The number of piperazine rings is 1. The average Bonchev–Trinajstić information content (AvgIpc) is 3.38. The molecule has 5 rings (SSSR count). The number of likely N-dealkylation sites (N-methyl/N-ethyl adjacent to an activating group) is 1. The highest BCUT2D eigenvalue weighted by Gasteiger charge is 2.16. The maximum Gasteiger partial charge on any atom is 0.276 e. The molecule has 1 amide bonds. The van der Waals surface area contributed by atoms with Gasteiger partial charge in [0.2, 0.25) is 0 Å². The number of pyridine rings is 1. The highest BCUT2D eigenvalue weighted by molar-refractivity contribution is 5.94. The van der Waals surface area contributed by atoms with E-state index in [0.29, 0.717) is 29.8 Å². The molecule has 1 aliphatic rings. The summed E-state index contributed by atoms with van der Waals surface area (Å²) in [6.45, 7) is 9.48. The van der Waals surface area contributed by atoms with Gasteiger partial charge >= 0.3 is 0 Å². The average molecular weight is 459 g/mol. The normalized spacial score (nSPS) is 15.2. The number of nitrogens with one attached hydrogen (secondary N) is 1. The largest absolute Gasteiger partial charge is 0.351 e. The minimum absolute atomic E-state index is 0.0716. The highest BCUT2D eigenvalue weighted by Crippen LogP contribution is 2.15. The molecule has 176 valence electrons. The van der Waals surface area contributed by atoms with Crippen LogP contribution in [0, 0.1) is 0 Å². The second-order valence-electron chi connectivity index (χ2n) is 8.73. The molecule has 0 saturated carbocycles. The van der Waals surface area contributed by atoms with E-state index in [2.05, 4.69) is 27.0 Å². The van der Waals surface area contributed by atoms with Crippen LogP contribution in [0.2, 0.25) is 0 Å². The van der Waals surface area contributed by atoms with Gasteiger partial charge in [-0.05, 0) is 48.5 Å². The maximum atomic E-state index is 13.1. The van der Waals surface area contributed by atoms with Gasteiger partial charge in [0, 0.05) is 57.2 Å². The number of hydrogen-bond donors (Lipinski definition) is 1. The van der Waals surface area contributed by atoms with Gasteiger partial charge in [-0.2, -0.15) is 0 Å². The van der Waals surface area contributed by atoms with Gasteiger partial charge in [0.1, 0.15) is 5.52 Å². The molecule has 1 saturated heterocycles. The minimum atomic E-state index is -0.0854. The first kappa shape index (κ1) is 22.3. The quantitative estimate of drug-likeness (QED) is 0.459. The van der Waals surface area contributed by atoms with Gasteiger partial charge in [0.25, 0.3) is 11.5 Å². The SMILES string of the molecule is CCN1CCN(CCNC(=O)c2ccc(Cn3c(=O)c4cccn4c4cccnc43)cc2)CC1. The van der Waals surface area contributed by atoms with Crippen LogP contribution in [0.15, 0.2) is 65.7 Å². The van der Waals surface area contributed by atoms with Crippen LogP contribution in [0.1, 0.15) is 22.8 Å². The van der Waals surface area contributed by atoms with Crippen molar-refractivity contribution in [2.24, 2.45) is 0 Å². The molecular weight excluding hydrogens is 428 g/mol. The van der Waals surface area contributed by atoms with Gasteiger partial charge in [0.15, 0.2) is 5.65 Å². The van der Waals surface area contributed by atoms with Crippen molar-refractivity contribution < 1.29 is 4.79 Å². The molecule has 1 N–H and O–H groups in total. The van der Waals surface area contributed by atoms with E-state index in [4.69, 9.17) is 0 Å². The molecule has 0 aliphatic carbocycles. The lowest BCUT2D eigenvalue weighted by atomic mass is 10.1. The third kappa shape index (κ3) is 4.47. The molecule has 34 heavy (non-hydrogen) atoms. The summed E-state index contributed by atoms with van der Waals surface area (Å²) in [6.07, 6.45) is 3.58. The molecule has 0 unspecified atom stereocenters. The number of aromatic nitrogens is 3. The van der Waals surface area contributed by atoms with Gasteiger partial charge in [-0.1, -0.05) is 19.1 Å². The van der Waals surface area contributed by atoms with Gasteiger partial charge in [-0.25, -0.2) is 4.98 Å². The molecule has 1 aliphatic heterocycles. The van der Waals surface area contributed by atoms with Gasteiger partial charge < -0.3 is 14.6 Å². The fourth-order valence-electron chi connectivity index (χ4n) is 4.63. The van der Waals surface area contributed by atoms with Crippen molar-refractivity contribution >= 4 is 22.6 Å². The van der Waals surface area contributed by atoms with E-state index in [1.807, 2.05) is 59.1 Å². The second kappa shape index (κ2) is 9.79. The summed E-state index contributed by atoms with van der Waals surface area (Å²) >= 11 is 0. The smallest absolute Gasteiger partial charge is 0.276 e. The summed E-state index contributed by atoms with van der Waals surface area (Å²) in [5.41, 5.74) is 3.62. The van der Waals surface area contributed by atoms with E-state index >= 15 is 0 Å². The standard InChI is InChI=1S/C26H30N6O2/c1-2-29-15-17-30(18-16-29)14-12-28-25(33)21-9-7-20(8-10-21)19-32-24-22(5-3-11-27-24)31-13-4-6-23(31)26(32)34/h3-11,13H,2,12,14-19H2,1H3,(H,28,33). The molecule has 3 aromatic heterocycles. The summed E-state index contributed by atoms with van der Waals surface area (Å²) in [7, 11) is 0. The molecule has 4 aromatic rings. The topological polar surface area (TPSA) is 74.9 Å². The Labute approximate surface area is 198 Å². The lowest BCUT2D eigenvalue weighted by Gasteiger charge is -2.33. The van der Waals surface area contributed by atoms with Crippen LogP contribution in [0.25, 0.3) is 16.7 Å². The van der Waals surface area contributed by atoms with Crippen molar-refractivity contribution in [1.82, 2.24) is 29.1 Å². The molecule has 1 aromatic carbocycles. The fourth-order valence-corrected chi connectivity index (χ4v) is 4.63. The van der Waals surface area contributed by atoms with Gasteiger partial charge in [-0.3, -0.25) is 19.1 Å². The van der Waals surface area contributed by atoms with Crippen molar-refractivity contribution in [2.75, 3.05) is 45.8 Å². The summed E-state index contributed by atoms with van der Waals surface area (Å²) < 4.78 is 3.57. The number of carbonyl (C=O) groups excluding carboxylic acids is 1. The summed E-state index contributed by atoms with van der Waals surface area (Å²) in [5.74, 6) is -0.0716. The third-order valence-electron chi connectivity index (χ3n) is 6.68. The number of rotatable bonds is 7. The Bertz CT molecular complexity index is 1350. The van der Waals surface area contributed by atoms with Crippen LogP contribution in [0.4, 0.5) is 0 Å². The number of carbonyl (C=O) groups is 1. The number of fused-ring (bicyclic) bond motifs is 3. The molecule has 1 fully saturated rings. The van der Waals surface area contributed by atoms with Crippen LogP contribution in [-0.2, 0) is 6.54 Å². The number of amides is 1. The Morgan fingerprint density at radius 3 is 2.47 bits per heavy atom. The van der Waals surface area contributed by atoms with Gasteiger partial charge in [-0.15, -0.1) is 0 Å². The molecular formula is C26H30N6O2. The Morgan fingerprint density at radius 1 is 0.971 bits per heavy atom. The van der Waals surface area contributed by atoms with E-state index < -0.39 is 0 Å². The van der Waals surface area contributed by atoms with Crippen LogP contribution in [0.5, 0.6) is 0 Å². The van der Waals surface area contributed by atoms with E-state index in [9.17, 15) is 9.59 Å². The summed E-state index contributed by atoms with van der Waals surface area (Å²) in [6, 6.07) is 15.0. The zero-order valence-electron chi connectivity index (χ0n) is 19.5. The van der Waals surface area contributed by atoms with E-state index in [0.717, 1.165) is 50.3 Å². The first-order valence-electron chi connectivity index (χ1n) is 11.9. The van der Waals surface area contributed by atoms with Crippen molar-refractivity contribution in [2.45, 2.75) is 13.5 Å². The maximum absolute atomic E-state index is 13.1. The third-order valence-corrected chi connectivity index (χ3v) is 6.68. The molecule has 8 nitrogen and oxygen atoms in total. The van der Waals surface area contributed by atoms with Crippen molar-refractivity contribution in [1.29, 1.82) is 0 Å². The van der Waals surface area contributed by atoms with Crippen LogP contribution >= 0.6 is 0 Å². The van der Waals surface area contributed by atoms with E-state index in [1.165, 1.54) is 0 Å². The van der Waals surface area contributed by atoms with Crippen molar-refractivity contribution in [3.05, 3.63) is 82.4 Å². The molecule has 8 heteroatoms. The zero-order valence-corrected chi connectivity index (χ0v) is 19.5. The fraction of sp³-hybridized carbons (Fsp3) is 0.346. The predicted octanol–water partition coefficient (Wildman–Crippen LogP) is 2.06. The number of nitrogens with zero attached hydrogens (tertiary/aromatic N) is 5. The molecule has 0 atom stereocenters. The van der Waals surface area contributed by atoms with Crippen LogP contribution in [-0.4, -0.2) is 75.5 Å². The number of hydrogen-bond acceptors (Lipinski definition) is 5. The van der Waals surface area contributed by atoms with Crippen molar-refractivity contribution in [3.8, 4) is 0 Å². The Kier molecular flexibility index (Phi) is 6.42. The summed E-state index contributed by atoms with van der Waals surface area (Å²) in [5, 5.41) is 3.03. The van der Waals surface area contributed by atoms with Gasteiger partial charge in [0.05, 0.1) is 12.1 Å². The lowest BCUT2D eigenvalue weighted by molar-refractivity contribution is 0.0938. The van der Waals surface area contributed by atoms with E-state index in [1.54, 1.807) is 10.8 Å². The highest BCUT2D eigenvalue weighted by atomic mass is 16.1. The molecule has 0 bridgehead atoms. The molecule has 4 heterocycles. The number of benzene rings is 1. The molecule has 0 radical (unpaired) electrons. The first-order valence-corrected chi connectivity index (χ1v) is 11.9. The van der Waals surface area contributed by atoms with Crippen LogP contribution in [0.3, 0.4) is 0 Å². The zero-order chi connectivity index (χ0) is 23.5. The lowest BCUT2D eigenvalue weighted by Crippen LogP contribution is -2.48. The molecule has 0 spiro atoms. The predicted molar refractivity (Wildman–Crippen MR) is 133 cm³/mol. The Balaban J connectivity index is 1.24. The second-order valence-corrected chi connectivity index (χ2v) is 8.73. The monoisotopic (exact) mass is 458 g/mol. The minimum Gasteiger partial charge on any atom is -0.351 e. The summed E-state index contributed by atoms with van der Waals surface area (Å²) in [4.78, 5) is 35.0. The Hall–Kier alpha value is -3.49. The van der Waals surface area contributed by atoms with E-state index in [-0.39, 0.29) is 11.5 Å². The Morgan fingerprint density at radius 2 is 1.71 bits per heavy atom. The van der Waals surface area contributed by atoms with Crippen LogP contribution < -0.4 is 10.9 Å². The first-order chi connectivity index (χ1) is 16.6.